The Bertz CT molecular complexity index is 1290. The fraction of sp³-hybridized carbons (Fsp3) is 0.250. The van der Waals surface area contributed by atoms with Gasteiger partial charge in [0.2, 0.25) is 5.91 Å². The highest BCUT2D eigenvalue weighted by atomic mass is 35.5. The quantitative estimate of drug-likeness (QED) is 0.604. The maximum atomic E-state index is 12.9. The number of likely N-dealkylation sites (tertiary alicyclic amines) is 1. The number of benzene rings is 2. The van der Waals surface area contributed by atoms with Gasteiger partial charge in [-0.25, -0.2) is 4.79 Å². The van der Waals surface area contributed by atoms with Gasteiger partial charge in [-0.2, -0.15) is 0 Å². The van der Waals surface area contributed by atoms with Crippen LogP contribution in [-0.2, 0) is 17.9 Å². The third-order valence-corrected chi connectivity index (χ3v) is 5.75. The molecule has 1 aliphatic rings. The van der Waals surface area contributed by atoms with Crippen molar-refractivity contribution in [2.24, 2.45) is 0 Å². The summed E-state index contributed by atoms with van der Waals surface area (Å²) in [5, 5.41) is 3.03. The average Bonchev–Trinajstić information content (AvgIpc) is 3.35. The standard InChI is InChI=1S/C24H23ClN4O4/c25-18-8-9-20(19(14-18)23(32)27-11-4-5-12-27)26-21(30)16-29-22(31)10-13-28(24(29)33)15-17-6-2-1-3-7-17/h1-3,6-10,13-14H,4-5,11-12,15-16H2,(H,26,30). The predicted molar refractivity (Wildman–Crippen MR) is 126 cm³/mol. The summed E-state index contributed by atoms with van der Waals surface area (Å²) in [7, 11) is 0. The van der Waals surface area contributed by atoms with Crippen molar-refractivity contribution in [2.75, 3.05) is 18.4 Å². The van der Waals surface area contributed by atoms with Gasteiger partial charge in [-0.15, -0.1) is 0 Å². The fourth-order valence-electron chi connectivity index (χ4n) is 3.83. The van der Waals surface area contributed by atoms with Crippen LogP contribution in [0.3, 0.4) is 0 Å². The Morgan fingerprint density at radius 1 is 0.970 bits per heavy atom. The zero-order valence-electron chi connectivity index (χ0n) is 17.9. The first-order chi connectivity index (χ1) is 15.9. The van der Waals surface area contributed by atoms with Gasteiger partial charge >= 0.3 is 5.69 Å². The lowest BCUT2D eigenvalue weighted by molar-refractivity contribution is -0.116. The van der Waals surface area contributed by atoms with Crippen LogP contribution in [0.25, 0.3) is 0 Å². The largest absolute Gasteiger partial charge is 0.339 e. The summed E-state index contributed by atoms with van der Waals surface area (Å²) in [5.74, 6) is -0.808. The molecule has 0 aliphatic carbocycles. The zero-order valence-corrected chi connectivity index (χ0v) is 18.6. The van der Waals surface area contributed by atoms with E-state index in [4.69, 9.17) is 11.6 Å². The van der Waals surface area contributed by atoms with Crippen LogP contribution in [0.2, 0.25) is 5.02 Å². The van der Waals surface area contributed by atoms with E-state index in [0.717, 1.165) is 23.0 Å². The molecule has 33 heavy (non-hydrogen) atoms. The minimum atomic E-state index is -0.593. The summed E-state index contributed by atoms with van der Waals surface area (Å²) < 4.78 is 2.24. The third kappa shape index (κ3) is 5.23. The highest BCUT2D eigenvalue weighted by molar-refractivity contribution is 6.31. The summed E-state index contributed by atoms with van der Waals surface area (Å²) in [4.78, 5) is 52.5. The van der Waals surface area contributed by atoms with E-state index in [1.165, 1.54) is 22.9 Å². The van der Waals surface area contributed by atoms with E-state index in [1.54, 1.807) is 17.0 Å². The van der Waals surface area contributed by atoms with Crippen molar-refractivity contribution < 1.29 is 9.59 Å². The smallest absolute Gasteiger partial charge is 0.331 e. The Morgan fingerprint density at radius 3 is 2.42 bits per heavy atom. The summed E-state index contributed by atoms with van der Waals surface area (Å²) in [6.07, 6.45) is 3.28. The van der Waals surface area contributed by atoms with Gasteiger partial charge in [0.05, 0.1) is 17.8 Å². The molecule has 170 valence electrons. The number of halogens is 1. The first kappa shape index (κ1) is 22.5. The Balaban J connectivity index is 1.55. The molecule has 2 amide bonds. The van der Waals surface area contributed by atoms with Crippen LogP contribution in [0.4, 0.5) is 5.69 Å². The maximum Gasteiger partial charge on any atom is 0.331 e. The molecule has 1 N–H and O–H groups in total. The molecule has 3 aromatic rings. The maximum absolute atomic E-state index is 12.9. The van der Waals surface area contributed by atoms with Crippen molar-refractivity contribution in [2.45, 2.75) is 25.9 Å². The van der Waals surface area contributed by atoms with Crippen molar-refractivity contribution in [1.82, 2.24) is 14.0 Å². The highest BCUT2D eigenvalue weighted by Gasteiger charge is 2.23. The van der Waals surface area contributed by atoms with Gasteiger partial charge in [0, 0.05) is 30.4 Å². The van der Waals surface area contributed by atoms with Crippen LogP contribution in [0, 0.1) is 0 Å². The Morgan fingerprint density at radius 2 is 1.70 bits per heavy atom. The zero-order chi connectivity index (χ0) is 23.4. The number of amides is 2. The SMILES string of the molecule is O=C(Cn1c(=O)ccn(Cc2ccccc2)c1=O)Nc1ccc(Cl)cc1C(=O)N1CCCC1. The van der Waals surface area contributed by atoms with E-state index < -0.39 is 23.7 Å². The van der Waals surface area contributed by atoms with Crippen molar-refractivity contribution in [3.05, 3.63) is 97.8 Å². The molecule has 0 unspecified atom stereocenters. The molecule has 8 nitrogen and oxygen atoms in total. The van der Waals surface area contributed by atoms with Crippen molar-refractivity contribution in [3.8, 4) is 0 Å². The number of hydrogen-bond acceptors (Lipinski definition) is 4. The summed E-state index contributed by atoms with van der Waals surface area (Å²) >= 11 is 6.09. The molecule has 0 bridgehead atoms. The Hall–Kier alpha value is -3.65. The second kappa shape index (κ2) is 9.87. The number of nitrogens with one attached hydrogen (secondary N) is 1. The van der Waals surface area contributed by atoms with Crippen molar-refractivity contribution >= 4 is 29.1 Å². The fourth-order valence-corrected chi connectivity index (χ4v) is 4.00. The number of nitrogens with zero attached hydrogens (tertiary/aromatic N) is 3. The second-order valence-electron chi connectivity index (χ2n) is 7.87. The molecule has 2 aromatic carbocycles. The van der Waals surface area contributed by atoms with Gasteiger partial charge in [0.15, 0.2) is 0 Å². The molecule has 1 fully saturated rings. The van der Waals surface area contributed by atoms with E-state index in [1.807, 2.05) is 30.3 Å². The molecular weight excluding hydrogens is 444 g/mol. The van der Waals surface area contributed by atoms with Crippen molar-refractivity contribution in [3.63, 3.8) is 0 Å². The molecule has 0 spiro atoms. The molecule has 0 atom stereocenters. The van der Waals surface area contributed by atoms with Crippen LogP contribution >= 0.6 is 11.6 Å². The lowest BCUT2D eigenvalue weighted by Gasteiger charge is -2.18. The van der Waals surface area contributed by atoms with E-state index in [-0.39, 0.29) is 23.7 Å². The summed E-state index contributed by atoms with van der Waals surface area (Å²) in [5.41, 5.74) is 0.282. The normalized spacial score (nSPS) is 13.2. The number of aromatic nitrogens is 2. The number of carbonyl (C=O) groups excluding carboxylic acids is 2. The third-order valence-electron chi connectivity index (χ3n) is 5.52. The molecule has 9 heteroatoms. The lowest BCUT2D eigenvalue weighted by atomic mass is 10.1. The van der Waals surface area contributed by atoms with Crippen LogP contribution < -0.4 is 16.6 Å². The summed E-state index contributed by atoms with van der Waals surface area (Å²) in [6.45, 7) is 1.10. The topological polar surface area (TPSA) is 93.4 Å². The van der Waals surface area contributed by atoms with Gasteiger partial charge in [-0.1, -0.05) is 41.9 Å². The lowest BCUT2D eigenvalue weighted by Crippen LogP contribution is -2.42. The van der Waals surface area contributed by atoms with E-state index in [9.17, 15) is 19.2 Å². The van der Waals surface area contributed by atoms with E-state index in [2.05, 4.69) is 5.32 Å². The Kier molecular flexibility index (Phi) is 6.74. The van der Waals surface area contributed by atoms with E-state index in [0.29, 0.717) is 18.1 Å². The monoisotopic (exact) mass is 466 g/mol. The molecule has 0 radical (unpaired) electrons. The predicted octanol–water partition coefficient (Wildman–Crippen LogP) is 2.59. The number of rotatable bonds is 6. The van der Waals surface area contributed by atoms with Crippen LogP contribution in [-0.4, -0.2) is 38.9 Å². The minimum Gasteiger partial charge on any atom is -0.339 e. The van der Waals surface area contributed by atoms with E-state index >= 15 is 0 Å². The molecular formula is C24H23ClN4O4. The first-order valence-electron chi connectivity index (χ1n) is 10.7. The summed E-state index contributed by atoms with van der Waals surface area (Å²) in [6, 6.07) is 15.2. The first-order valence-corrected chi connectivity index (χ1v) is 11.0. The van der Waals surface area contributed by atoms with Crippen LogP contribution in [0.5, 0.6) is 0 Å². The van der Waals surface area contributed by atoms with Gasteiger partial charge in [-0.05, 0) is 36.6 Å². The van der Waals surface area contributed by atoms with Gasteiger partial charge < -0.3 is 10.2 Å². The average molecular weight is 467 g/mol. The second-order valence-corrected chi connectivity index (χ2v) is 8.31. The van der Waals surface area contributed by atoms with Gasteiger partial charge in [0.1, 0.15) is 6.54 Å². The van der Waals surface area contributed by atoms with Gasteiger partial charge in [0.25, 0.3) is 11.5 Å². The molecule has 0 saturated carbocycles. The van der Waals surface area contributed by atoms with Crippen molar-refractivity contribution in [1.29, 1.82) is 0 Å². The number of carbonyl (C=O) groups is 2. The minimum absolute atomic E-state index is 0.215. The molecule has 2 heterocycles. The number of anilines is 1. The molecule has 1 aliphatic heterocycles. The highest BCUT2D eigenvalue weighted by Crippen LogP contribution is 2.24. The van der Waals surface area contributed by atoms with Crippen LogP contribution in [0.15, 0.2) is 70.4 Å². The molecule has 1 saturated heterocycles. The number of hydrogen-bond donors (Lipinski definition) is 1. The van der Waals surface area contributed by atoms with Gasteiger partial charge in [-0.3, -0.25) is 23.5 Å². The molecule has 4 rings (SSSR count). The molecule has 1 aromatic heterocycles. The Labute approximate surface area is 195 Å². The van der Waals surface area contributed by atoms with Crippen LogP contribution in [0.1, 0.15) is 28.8 Å².